The zero-order chi connectivity index (χ0) is 16.8. The van der Waals surface area contributed by atoms with Crippen LogP contribution in [0.2, 0.25) is 5.02 Å². The lowest BCUT2D eigenvalue weighted by molar-refractivity contribution is -0.137. The van der Waals surface area contributed by atoms with E-state index in [-0.39, 0.29) is 17.3 Å². The number of carbonyl (C=O) groups excluding carboxylic acids is 2. The molecule has 0 bridgehead atoms. The molecular weight excluding hydrogens is 325 g/mol. The molecule has 1 aromatic rings. The highest BCUT2D eigenvalue weighted by atomic mass is 35.5. The Morgan fingerprint density at radius 2 is 1.95 bits per heavy atom. The lowest BCUT2D eigenvalue weighted by Crippen LogP contribution is -2.36. The molecule has 9 heteroatoms. The number of amides is 2. The van der Waals surface area contributed by atoms with Crippen LogP contribution < -0.4 is 10.6 Å². The molecule has 2 amide bonds. The molecule has 0 aliphatic rings. The zero-order valence-electron chi connectivity index (χ0n) is 11.6. The van der Waals surface area contributed by atoms with Gasteiger partial charge in [-0.05, 0) is 24.6 Å². The first-order valence-corrected chi connectivity index (χ1v) is 6.58. The molecule has 0 aliphatic heterocycles. The average molecular weight is 339 g/mol. The number of nitrogens with one attached hydrogen (secondary N) is 2. The summed E-state index contributed by atoms with van der Waals surface area (Å²) in [6.07, 6.45) is -4.08. The predicted molar refractivity (Wildman–Crippen MR) is 74.6 cm³/mol. The van der Waals surface area contributed by atoms with Crippen molar-refractivity contribution in [1.29, 1.82) is 0 Å². The summed E-state index contributed by atoms with van der Waals surface area (Å²) >= 11 is 5.71. The Kier molecular flexibility index (Phi) is 6.63. The monoisotopic (exact) mass is 338 g/mol. The number of anilines is 1. The van der Waals surface area contributed by atoms with Gasteiger partial charge in [0.1, 0.15) is 0 Å². The fourth-order valence-electron chi connectivity index (χ4n) is 1.48. The summed E-state index contributed by atoms with van der Waals surface area (Å²) < 4.78 is 42.5. The number of ether oxygens (including phenoxy) is 1. The maximum atomic E-state index is 12.6. The summed E-state index contributed by atoms with van der Waals surface area (Å²) in [5.74, 6) is -2.07. The van der Waals surface area contributed by atoms with Crippen LogP contribution in [0.3, 0.4) is 0 Å². The minimum Gasteiger partial charge on any atom is -0.385 e. The van der Waals surface area contributed by atoms with Gasteiger partial charge in [0, 0.05) is 20.3 Å². The van der Waals surface area contributed by atoms with Gasteiger partial charge < -0.3 is 15.4 Å². The van der Waals surface area contributed by atoms with E-state index in [0.717, 1.165) is 12.1 Å². The minimum absolute atomic E-state index is 0.103. The third-order valence-electron chi connectivity index (χ3n) is 2.56. The van der Waals surface area contributed by atoms with E-state index in [1.165, 1.54) is 7.11 Å². The van der Waals surface area contributed by atoms with Crippen molar-refractivity contribution in [2.75, 3.05) is 25.6 Å². The summed E-state index contributed by atoms with van der Waals surface area (Å²) in [5.41, 5.74) is -1.26. The van der Waals surface area contributed by atoms with E-state index in [2.05, 4.69) is 5.32 Å². The van der Waals surface area contributed by atoms with Crippen LogP contribution in [0.4, 0.5) is 18.9 Å². The van der Waals surface area contributed by atoms with Crippen molar-refractivity contribution < 1.29 is 27.5 Å². The molecule has 0 unspecified atom stereocenters. The quantitative estimate of drug-likeness (QED) is 0.640. The van der Waals surface area contributed by atoms with Crippen molar-refractivity contribution in [3.8, 4) is 0 Å². The Labute approximate surface area is 129 Å². The first-order chi connectivity index (χ1) is 10.3. The maximum Gasteiger partial charge on any atom is 0.416 e. The molecule has 0 aliphatic carbocycles. The number of rotatable bonds is 5. The van der Waals surface area contributed by atoms with Crippen LogP contribution in [0.15, 0.2) is 18.2 Å². The SMILES string of the molecule is COCCCNC(=O)C(=O)Nc1cc(C(F)(F)F)ccc1Cl. The minimum atomic E-state index is -4.58. The number of halogens is 4. The second-order valence-corrected chi connectivity index (χ2v) is 4.66. The smallest absolute Gasteiger partial charge is 0.385 e. The van der Waals surface area contributed by atoms with Crippen LogP contribution in [0.25, 0.3) is 0 Å². The second kappa shape index (κ2) is 8.00. The first-order valence-electron chi connectivity index (χ1n) is 6.20. The number of hydrogen-bond donors (Lipinski definition) is 2. The number of alkyl halides is 3. The third-order valence-corrected chi connectivity index (χ3v) is 2.89. The molecule has 0 aromatic heterocycles. The van der Waals surface area contributed by atoms with Gasteiger partial charge in [0.05, 0.1) is 16.3 Å². The molecule has 1 aromatic carbocycles. The molecule has 0 saturated heterocycles. The molecular formula is C13H14ClF3N2O3. The van der Waals surface area contributed by atoms with Crippen LogP contribution in [-0.2, 0) is 20.5 Å². The maximum absolute atomic E-state index is 12.6. The molecule has 1 rings (SSSR count). The standard InChI is InChI=1S/C13H14ClF3N2O3/c1-22-6-2-5-18-11(20)12(21)19-10-7-8(13(15,16)17)3-4-9(10)14/h3-4,7H,2,5-6H2,1H3,(H,18,20)(H,19,21). The van der Waals surface area contributed by atoms with Crippen LogP contribution in [0, 0.1) is 0 Å². The van der Waals surface area contributed by atoms with Gasteiger partial charge in [0.2, 0.25) is 0 Å². The summed E-state index contributed by atoms with van der Waals surface area (Å²) in [6, 6.07) is 2.44. The molecule has 0 atom stereocenters. The molecule has 5 nitrogen and oxygen atoms in total. The molecule has 0 spiro atoms. The average Bonchev–Trinajstić information content (AvgIpc) is 2.44. The Morgan fingerprint density at radius 1 is 1.27 bits per heavy atom. The fraction of sp³-hybridized carbons (Fsp3) is 0.385. The van der Waals surface area contributed by atoms with Gasteiger partial charge in [-0.3, -0.25) is 9.59 Å². The number of carbonyl (C=O) groups is 2. The third kappa shape index (κ3) is 5.53. The lowest BCUT2D eigenvalue weighted by Gasteiger charge is -2.11. The highest BCUT2D eigenvalue weighted by Gasteiger charge is 2.31. The zero-order valence-corrected chi connectivity index (χ0v) is 12.3. The Morgan fingerprint density at radius 3 is 2.55 bits per heavy atom. The van der Waals surface area contributed by atoms with Crippen LogP contribution in [0.5, 0.6) is 0 Å². The van der Waals surface area contributed by atoms with Gasteiger partial charge in [-0.15, -0.1) is 0 Å². The molecule has 22 heavy (non-hydrogen) atoms. The van der Waals surface area contributed by atoms with E-state index in [1.54, 1.807) is 0 Å². The first kappa shape index (κ1) is 18.2. The largest absolute Gasteiger partial charge is 0.416 e. The molecule has 0 saturated carbocycles. The van der Waals surface area contributed by atoms with E-state index in [0.29, 0.717) is 19.1 Å². The van der Waals surface area contributed by atoms with Crippen molar-refractivity contribution in [2.24, 2.45) is 0 Å². The Balaban J connectivity index is 2.69. The van der Waals surface area contributed by atoms with E-state index in [1.807, 2.05) is 5.32 Å². The van der Waals surface area contributed by atoms with E-state index < -0.39 is 23.6 Å². The molecule has 2 N–H and O–H groups in total. The predicted octanol–water partition coefficient (Wildman–Crippen LogP) is 2.45. The molecule has 0 heterocycles. The van der Waals surface area contributed by atoms with E-state index in [4.69, 9.17) is 16.3 Å². The number of hydrogen-bond acceptors (Lipinski definition) is 3. The van der Waals surface area contributed by atoms with Crippen molar-refractivity contribution in [1.82, 2.24) is 5.32 Å². The summed E-state index contributed by atoms with van der Waals surface area (Å²) in [5, 5.41) is 4.25. The van der Waals surface area contributed by atoms with E-state index in [9.17, 15) is 22.8 Å². The highest BCUT2D eigenvalue weighted by molar-refractivity contribution is 6.41. The van der Waals surface area contributed by atoms with Gasteiger partial charge >= 0.3 is 18.0 Å². The van der Waals surface area contributed by atoms with Crippen LogP contribution in [0.1, 0.15) is 12.0 Å². The van der Waals surface area contributed by atoms with Crippen molar-refractivity contribution in [3.63, 3.8) is 0 Å². The normalized spacial score (nSPS) is 11.1. The topological polar surface area (TPSA) is 67.4 Å². The van der Waals surface area contributed by atoms with Gasteiger partial charge in [0.25, 0.3) is 0 Å². The number of benzene rings is 1. The van der Waals surface area contributed by atoms with Crippen LogP contribution in [-0.4, -0.2) is 32.1 Å². The Bertz CT molecular complexity index is 550. The molecule has 0 radical (unpaired) electrons. The van der Waals surface area contributed by atoms with Crippen LogP contribution >= 0.6 is 11.6 Å². The molecule has 0 fully saturated rings. The van der Waals surface area contributed by atoms with E-state index >= 15 is 0 Å². The van der Waals surface area contributed by atoms with Crippen molar-refractivity contribution in [3.05, 3.63) is 28.8 Å². The molecule has 122 valence electrons. The fourth-order valence-corrected chi connectivity index (χ4v) is 1.64. The van der Waals surface area contributed by atoms with Gasteiger partial charge in [-0.25, -0.2) is 0 Å². The summed E-state index contributed by atoms with van der Waals surface area (Å²) in [7, 11) is 1.49. The van der Waals surface area contributed by atoms with Crippen molar-refractivity contribution in [2.45, 2.75) is 12.6 Å². The Hall–Kier alpha value is -1.80. The second-order valence-electron chi connectivity index (χ2n) is 4.25. The van der Waals surface area contributed by atoms with Crippen molar-refractivity contribution >= 4 is 29.1 Å². The highest BCUT2D eigenvalue weighted by Crippen LogP contribution is 2.33. The summed E-state index contributed by atoms with van der Waals surface area (Å²) in [6.45, 7) is 0.609. The van der Waals surface area contributed by atoms with Gasteiger partial charge in [0.15, 0.2) is 0 Å². The number of methoxy groups -OCH3 is 1. The van der Waals surface area contributed by atoms with Gasteiger partial charge in [-0.2, -0.15) is 13.2 Å². The lowest BCUT2D eigenvalue weighted by atomic mass is 10.2. The van der Waals surface area contributed by atoms with Gasteiger partial charge in [-0.1, -0.05) is 11.6 Å². The summed E-state index contributed by atoms with van der Waals surface area (Å²) in [4.78, 5) is 23.1.